The van der Waals surface area contributed by atoms with Crippen molar-refractivity contribution in [2.24, 2.45) is 0 Å². The average Bonchev–Trinajstić information content (AvgIpc) is 3.17. The molecule has 2 amide bonds. The lowest BCUT2D eigenvalue weighted by Crippen LogP contribution is -2.60. The largest absolute Gasteiger partial charge is 0.322 e. The molecular formula is C23H24N4O2S. The highest BCUT2D eigenvalue weighted by molar-refractivity contribution is 8.00. The number of amides is 2. The number of hydrogen-bond donors (Lipinski definition) is 1. The van der Waals surface area contributed by atoms with Crippen LogP contribution in [0.1, 0.15) is 49.6 Å². The summed E-state index contributed by atoms with van der Waals surface area (Å²) in [4.78, 5) is 32.6. The minimum absolute atomic E-state index is 0.184. The first-order valence-corrected chi connectivity index (χ1v) is 11.0. The van der Waals surface area contributed by atoms with Crippen molar-refractivity contribution in [3.63, 3.8) is 0 Å². The number of aromatic nitrogens is 1. The number of hydrogen-bond acceptors (Lipinski definition) is 5. The van der Waals surface area contributed by atoms with Crippen LogP contribution in [0.5, 0.6) is 0 Å². The molecule has 2 heterocycles. The number of nitriles is 1. The summed E-state index contributed by atoms with van der Waals surface area (Å²) in [6.45, 7) is 7.26. The Kier molecular flexibility index (Phi) is 5.07. The Hall–Kier alpha value is -2.85. The predicted molar refractivity (Wildman–Crippen MR) is 118 cm³/mol. The Bertz CT molecular complexity index is 1100. The molecular weight excluding hydrogens is 396 g/mol. The van der Waals surface area contributed by atoms with Gasteiger partial charge in [-0.15, -0.1) is 0 Å². The summed E-state index contributed by atoms with van der Waals surface area (Å²) >= 11 is 1.30. The van der Waals surface area contributed by atoms with Gasteiger partial charge in [-0.3, -0.25) is 14.5 Å². The van der Waals surface area contributed by atoms with Crippen molar-refractivity contribution >= 4 is 35.0 Å². The second kappa shape index (κ2) is 7.44. The van der Waals surface area contributed by atoms with Crippen molar-refractivity contribution in [2.45, 2.75) is 62.8 Å². The molecule has 0 spiro atoms. The zero-order valence-electron chi connectivity index (χ0n) is 17.6. The number of nitrogens with one attached hydrogen (secondary N) is 1. The maximum absolute atomic E-state index is 13.6. The van der Waals surface area contributed by atoms with E-state index in [0.717, 1.165) is 30.5 Å². The Morgan fingerprint density at radius 2 is 2.07 bits per heavy atom. The lowest BCUT2D eigenvalue weighted by atomic mass is 9.96. The fourth-order valence-electron chi connectivity index (χ4n) is 4.21. The summed E-state index contributed by atoms with van der Waals surface area (Å²) in [7, 11) is 0. The van der Waals surface area contributed by atoms with Gasteiger partial charge in [0, 0.05) is 5.69 Å². The molecule has 7 heteroatoms. The van der Waals surface area contributed by atoms with Gasteiger partial charge in [0.1, 0.15) is 16.6 Å². The lowest BCUT2D eigenvalue weighted by molar-refractivity contribution is -0.126. The van der Waals surface area contributed by atoms with Gasteiger partial charge < -0.3 is 5.32 Å². The summed E-state index contributed by atoms with van der Waals surface area (Å²) in [6, 6.07) is 9.59. The first kappa shape index (κ1) is 20.4. The second-order valence-corrected chi connectivity index (χ2v) is 9.60. The molecule has 30 heavy (non-hydrogen) atoms. The number of benzene rings is 1. The zero-order valence-corrected chi connectivity index (χ0v) is 18.4. The molecule has 154 valence electrons. The monoisotopic (exact) mass is 420 g/mol. The highest BCUT2D eigenvalue weighted by atomic mass is 32.2. The van der Waals surface area contributed by atoms with Crippen molar-refractivity contribution in [2.75, 3.05) is 10.2 Å². The molecule has 0 fully saturated rings. The zero-order chi connectivity index (χ0) is 21.6. The molecule has 0 saturated carbocycles. The van der Waals surface area contributed by atoms with Crippen LogP contribution in [-0.4, -0.2) is 27.6 Å². The van der Waals surface area contributed by atoms with E-state index in [4.69, 9.17) is 4.98 Å². The number of para-hydroxylation sites is 2. The van der Waals surface area contributed by atoms with Crippen LogP contribution >= 0.6 is 11.8 Å². The minimum Gasteiger partial charge on any atom is -0.322 e. The van der Waals surface area contributed by atoms with Crippen LogP contribution < -0.4 is 10.2 Å². The molecule has 1 aromatic heterocycles. The second-order valence-electron chi connectivity index (χ2n) is 8.27. The van der Waals surface area contributed by atoms with Crippen molar-refractivity contribution in [3.05, 3.63) is 46.6 Å². The third-order valence-corrected chi connectivity index (χ3v) is 7.02. The number of rotatable bonds is 3. The quantitative estimate of drug-likeness (QED) is 0.759. The standard InChI is InChI=1S/C23H24N4O2S/c1-13-15-8-7-10-17(15)25-20(16(13)12-24)30-14(2)21(28)27-19-11-6-5-9-18(19)26-22(29)23(27,3)4/h5-6,9,11,14H,7-8,10H2,1-4H3,(H,26,29). The predicted octanol–water partition coefficient (Wildman–Crippen LogP) is 3.99. The van der Waals surface area contributed by atoms with Crippen LogP contribution in [0.3, 0.4) is 0 Å². The summed E-state index contributed by atoms with van der Waals surface area (Å²) in [5.41, 5.74) is 4.02. The first-order chi connectivity index (χ1) is 14.3. The Balaban J connectivity index is 1.69. The van der Waals surface area contributed by atoms with Gasteiger partial charge in [-0.05, 0) is 70.2 Å². The third-order valence-electron chi connectivity index (χ3n) is 5.94. The smallest absolute Gasteiger partial charge is 0.250 e. The highest BCUT2D eigenvalue weighted by Crippen LogP contribution is 2.39. The topological polar surface area (TPSA) is 86.1 Å². The normalized spacial score (nSPS) is 17.6. The van der Waals surface area contributed by atoms with Crippen LogP contribution in [0.25, 0.3) is 0 Å². The van der Waals surface area contributed by atoms with Gasteiger partial charge in [0.05, 0.1) is 22.2 Å². The fraction of sp³-hybridized carbons (Fsp3) is 0.391. The molecule has 2 aliphatic rings. The van der Waals surface area contributed by atoms with Crippen LogP contribution in [-0.2, 0) is 22.4 Å². The highest BCUT2D eigenvalue weighted by Gasteiger charge is 2.45. The third kappa shape index (κ3) is 3.16. The van der Waals surface area contributed by atoms with Gasteiger partial charge in [0.25, 0.3) is 0 Å². The molecule has 2 aromatic rings. The molecule has 0 bridgehead atoms. The van der Waals surface area contributed by atoms with E-state index in [0.29, 0.717) is 22.0 Å². The van der Waals surface area contributed by atoms with Gasteiger partial charge in [-0.1, -0.05) is 23.9 Å². The molecule has 0 radical (unpaired) electrons. The Labute approximate surface area is 180 Å². The molecule has 0 saturated heterocycles. The number of fused-ring (bicyclic) bond motifs is 2. The SMILES string of the molecule is Cc1c(C#N)c(SC(C)C(=O)N2c3ccccc3NC(=O)C2(C)C)nc2c1CCC2. The molecule has 4 rings (SSSR count). The van der Waals surface area contributed by atoms with E-state index in [-0.39, 0.29) is 11.8 Å². The summed E-state index contributed by atoms with van der Waals surface area (Å²) < 4.78 is 0. The number of thioether (sulfide) groups is 1. The molecule has 1 aromatic carbocycles. The first-order valence-electron chi connectivity index (χ1n) is 10.1. The van der Waals surface area contributed by atoms with Crippen LogP contribution in [0.2, 0.25) is 0 Å². The van der Waals surface area contributed by atoms with Gasteiger partial charge in [-0.25, -0.2) is 4.98 Å². The van der Waals surface area contributed by atoms with Crippen LogP contribution in [0.4, 0.5) is 11.4 Å². The molecule has 1 aliphatic carbocycles. The minimum atomic E-state index is -1.03. The summed E-state index contributed by atoms with van der Waals surface area (Å²) in [6.07, 6.45) is 2.91. The fourth-order valence-corrected chi connectivity index (χ4v) is 5.23. The van der Waals surface area contributed by atoms with Crippen molar-refractivity contribution < 1.29 is 9.59 Å². The van der Waals surface area contributed by atoms with Gasteiger partial charge in [-0.2, -0.15) is 5.26 Å². The van der Waals surface area contributed by atoms with E-state index < -0.39 is 10.8 Å². The number of aryl methyl sites for hydroxylation is 1. The molecule has 1 N–H and O–H groups in total. The molecule has 6 nitrogen and oxygen atoms in total. The summed E-state index contributed by atoms with van der Waals surface area (Å²) in [5.74, 6) is -0.410. The average molecular weight is 421 g/mol. The van der Waals surface area contributed by atoms with Crippen molar-refractivity contribution in [1.29, 1.82) is 5.26 Å². The van der Waals surface area contributed by atoms with Crippen molar-refractivity contribution in [3.8, 4) is 6.07 Å². The van der Waals surface area contributed by atoms with E-state index in [1.54, 1.807) is 24.8 Å². The van der Waals surface area contributed by atoms with E-state index >= 15 is 0 Å². The van der Waals surface area contributed by atoms with E-state index in [2.05, 4.69) is 11.4 Å². The summed E-state index contributed by atoms with van der Waals surface area (Å²) in [5, 5.41) is 12.7. The number of anilines is 2. The number of pyridine rings is 1. The Morgan fingerprint density at radius 1 is 1.33 bits per heavy atom. The van der Waals surface area contributed by atoms with Gasteiger partial charge in [0.2, 0.25) is 11.8 Å². The number of carbonyl (C=O) groups excluding carboxylic acids is 2. The Morgan fingerprint density at radius 3 is 2.80 bits per heavy atom. The maximum atomic E-state index is 13.6. The van der Waals surface area contributed by atoms with Gasteiger partial charge in [0.15, 0.2) is 0 Å². The van der Waals surface area contributed by atoms with Crippen LogP contribution in [0, 0.1) is 18.3 Å². The van der Waals surface area contributed by atoms with E-state index in [1.165, 1.54) is 17.3 Å². The van der Waals surface area contributed by atoms with E-state index in [1.807, 2.05) is 32.0 Å². The number of carbonyl (C=O) groups is 2. The molecule has 1 aliphatic heterocycles. The lowest BCUT2D eigenvalue weighted by Gasteiger charge is -2.43. The van der Waals surface area contributed by atoms with Crippen LogP contribution in [0.15, 0.2) is 29.3 Å². The van der Waals surface area contributed by atoms with Crippen molar-refractivity contribution in [1.82, 2.24) is 4.98 Å². The molecule has 1 unspecified atom stereocenters. The number of nitrogens with zero attached hydrogens (tertiary/aromatic N) is 3. The molecule has 1 atom stereocenters. The van der Waals surface area contributed by atoms with E-state index in [9.17, 15) is 14.9 Å². The maximum Gasteiger partial charge on any atom is 0.250 e. The van der Waals surface area contributed by atoms with Gasteiger partial charge >= 0.3 is 0 Å².